The van der Waals surface area contributed by atoms with Crippen molar-refractivity contribution in [1.29, 1.82) is 0 Å². The third-order valence-corrected chi connectivity index (χ3v) is 4.50. The lowest BCUT2D eigenvalue weighted by atomic mass is 9.78. The van der Waals surface area contributed by atoms with E-state index in [1.165, 1.54) is 0 Å². The SMILES string of the molecule is COc1cc(OC)c(C(Cl)CC(C)C(C)(C)C)c(OC)c1. The summed E-state index contributed by atoms with van der Waals surface area (Å²) in [5.41, 5.74) is 1.10. The molecule has 1 aromatic rings. The van der Waals surface area contributed by atoms with Crippen LogP contribution in [0.5, 0.6) is 17.2 Å². The summed E-state index contributed by atoms with van der Waals surface area (Å²) in [6, 6.07) is 3.68. The lowest BCUT2D eigenvalue weighted by Gasteiger charge is -2.29. The zero-order chi connectivity index (χ0) is 16.2. The first-order chi connectivity index (χ1) is 9.74. The molecule has 2 unspecified atom stereocenters. The zero-order valence-electron chi connectivity index (χ0n) is 14.1. The van der Waals surface area contributed by atoms with Gasteiger partial charge in [-0.3, -0.25) is 0 Å². The Hall–Kier alpha value is -1.09. The molecule has 1 rings (SSSR count). The molecule has 0 N–H and O–H groups in total. The number of ether oxygens (including phenoxy) is 3. The Labute approximate surface area is 133 Å². The maximum Gasteiger partial charge on any atom is 0.130 e. The fourth-order valence-electron chi connectivity index (χ4n) is 2.12. The highest BCUT2D eigenvalue weighted by Crippen LogP contribution is 2.45. The molecule has 0 fully saturated rings. The van der Waals surface area contributed by atoms with Gasteiger partial charge in [0.15, 0.2) is 0 Å². The molecule has 0 saturated carbocycles. The first kappa shape index (κ1) is 18.0. The van der Waals surface area contributed by atoms with Crippen LogP contribution >= 0.6 is 11.6 Å². The number of methoxy groups -OCH3 is 3. The van der Waals surface area contributed by atoms with Gasteiger partial charge >= 0.3 is 0 Å². The summed E-state index contributed by atoms with van der Waals surface area (Å²) in [7, 11) is 4.89. The molecule has 120 valence electrons. The van der Waals surface area contributed by atoms with E-state index in [4.69, 9.17) is 25.8 Å². The first-order valence-electron chi connectivity index (χ1n) is 7.18. The molecule has 2 atom stereocenters. The Bertz CT molecular complexity index is 441. The van der Waals surface area contributed by atoms with Gasteiger partial charge in [-0.2, -0.15) is 0 Å². The lowest BCUT2D eigenvalue weighted by Crippen LogP contribution is -2.19. The minimum atomic E-state index is -0.171. The number of halogens is 1. The van der Waals surface area contributed by atoms with Crippen LogP contribution in [0.1, 0.15) is 45.1 Å². The zero-order valence-corrected chi connectivity index (χ0v) is 14.9. The average Bonchev–Trinajstić information content (AvgIpc) is 2.44. The van der Waals surface area contributed by atoms with Gasteiger partial charge in [-0.1, -0.05) is 27.7 Å². The highest BCUT2D eigenvalue weighted by atomic mass is 35.5. The molecular weight excluding hydrogens is 288 g/mol. The molecule has 0 aliphatic heterocycles. The van der Waals surface area contributed by atoms with Gasteiger partial charge < -0.3 is 14.2 Å². The topological polar surface area (TPSA) is 27.7 Å². The monoisotopic (exact) mass is 314 g/mol. The lowest BCUT2D eigenvalue weighted by molar-refractivity contribution is 0.243. The summed E-state index contributed by atoms with van der Waals surface area (Å²) >= 11 is 6.67. The number of benzene rings is 1. The van der Waals surface area contributed by atoms with E-state index in [0.717, 1.165) is 12.0 Å². The minimum absolute atomic E-state index is 0.171. The van der Waals surface area contributed by atoms with E-state index in [2.05, 4.69) is 27.7 Å². The molecule has 4 heteroatoms. The van der Waals surface area contributed by atoms with E-state index < -0.39 is 0 Å². The molecule has 0 bridgehead atoms. The van der Waals surface area contributed by atoms with Crippen LogP contribution in [0.15, 0.2) is 12.1 Å². The van der Waals surface area contributed by atoms with Crippen LogP contribution < -0.4 is 14.2 Å². The van der Waals surface area contributed by atoms with Gasteiger partial charge in [-0.25, -0.2) is 0 Å². The second-order valence-corrected chi connectivity index (χ2v) is 6.94. The van der Waals surface area contributed by atoms with Crippen LogP contribution in [0.2, 0.25) is 0 Å². The standard InChI is InChI=1S/C17H27ClO3/c1-11(17(2,3)4)8-13(18)16-14(20-6)9-12(19-5)10-15(16)21-7/h9-11,13H,8H2,1-7H3. The van der Waals surface area contributed by atoms with Gasteiger partial charge in [0.05, 0.1) is 32.3 Å². The van der Waals surface area contributed by atoms with Crippen molar-refractivity contribution < 1.29 is 14.2 Å². The quantitative estimate of drug-likeness (QED) is 0.686. The number of hydrogen-bond donors (Lipinski definition) is 0. The van der Waals surface area contributed by atoms with E-state index in [1.807, 2.05) is 12.1 Å². The summed E-state index contributed by atoms with van der Waals surface area (Å²) in [4.78, 5) is 0. The van der Waals surface area contributed by atoms with E-state index in [-0.39, 0.29) is 10.8 Å². The highest BCUT2D eigenvalue weighted by molar-refractivity contribution is 6.21. The molecule has 1 aromatic carbocycles. The molecular formula is C17H27ClO3. The minimum Gasteiger partial charge on any atom is -0.496 e. The molecule has 0 radical (unpaired) electrons. The predicted molar refractivity (Wildman–Crippen MR) is 87.9 cm³/mol. The second kappa shape index (κ2) is 7.26. The van der Waals surface area contributed by atoms with Gasteiger partial charge in [0.25, 0.3) is 0 Å². The Morgan fingerprint density at radius 1 is 1.00 bits per heavy atom. The van der Waals surface area contributed by atoms with Crippen LogP contribution in [0.3, 0.4) is 0 Å². The van der Waals surface area contributed by atoms with Gasteiger partial charge in [-0.15, -0.1) is 11.6 Å². The van der Waals surface area contributed by atoms with Crippen molar-refractivity contribution in [3.63, 3.8) is 0 Å². The maximum atomic E-state index is 6.67. The molecule has 21 heavy (non-hydrogen) atoms. The molecule has 0 aliphatic carbocycles. The number of alkyl halides is 1. The normalized spacial score (nSPS) is 14.5. The van der Waals surface area contributed by atoms with Gasteiger partial charge in [0.1, 0.15) is 17.2 Å². The summed E-state index contributed by atoms with van der Waals surface area (Å²) in [6.45, 7) is 8.90. The van der Waals surface area contributed by atoms with E-state index in [0.29, 0.717) is 23.2 Å². The van der Waals surface area contributed by atoms with Crippen molar-refractivity contribution in [1.82, 2.24) is 0 Å². The summed E-state index contributed by atoms with van der Waals surface area (Å²) in [6.07, 6.45) is 0.851. The van der Waals surface area contributed by atoms with Crippen LogP contribution in [-0.4, -0.2) is 21.3 Å². The number of hydrogen-bond acceptors (Lipinski definition) is 3. The van der Waals surface area contributed by atoms with Gasteiger partial charge in [0, 0.05) is 12.1 Å². The summed E-state index contributed by atoms with van der Waals surface area (Å²) in [5, 5.41) is -0.171. The van der Waals surface area contributed by atoms with Crippen molar-refractivity contribution in [2.45, 2.75) is 39.5 Å². The van der Waals surface area contributed by atoms with Crippen molar-refractivity contribution >= 4 is 11.6 Å². The van der Waals surface area contributed by atoms with Gasteiger partial charge in [0.2, 0.25) is 0 Å². The van der Waals surface area contributed by atoms with Gasteiger partial charge in [-0.05, 0) is 17.8 Å². The fraction of sp³-hybridized carbons (Fsp3) is 0.647. The predicted octanol–water partition coefficient (Wildman–Crippen LogP) is 5.06. The number of rotatable bonds is 6. The Morgan fingerprint density at radius 3 is 1.81 bits per heavy atom. The molecule has 0 heterocycles. The summed E-state index contributed by atoms with van der Waals surface area (Å²) < 4.78 is 16.2. The second-order valence-electron chi connectivity index (χ2n) is 6.42. The maximum absolute atomic E-state index is 6.67. The molecule has 0 aromatic heterocycles. The Morgan fingerprint density at radius 2 is 1.48 bits per heavy atom. The molecule has 3 nitrogen and oxygen atoms in total. The smallest absolute Gasteiger partial charge is 0.130 e. The third kappa shape index (κ3) is 4.44. The van der Waals surface area contributed by atoms with Crippen LogP contribution in [0.4, 0.5) is 0 Å². The van der Waals surface area contributed by atoms with E-state index in [1.54, 1.807) is 21.3 Å². The van der Waals surface area contributed by atoms with Crippen LogP contribution in [0.25, 0.3) is 0 Å². The molecule has 0 amide bonds. The Balaban J connectivity index is 3.15. The van der Waals surface area contributed by atoms with E-state index >= 15 is 0 Å². The highest BCUT2D eigenvalue weighted by Gasteiger charge is 2.27. The van der Waals surface area contributed by atoms with Crippen molar-refractivity contribution in [2.75, 3.05) is 21.3 Å². The molecule has 0 aliphatic rings. The molecule has 0 spiro atoms. The van der Waals surface area contributed by atoms with Crippen molar-refractivity contribution in [2.24, 2.45) is 11.3 Å². The summed E-state index contributed by atoms with van der Waals surface area (Å²) in [5.74, 6) is 2.57. The first-order valence-corrected chi connectivity index (χ1v) is 7.62. The van der Waals surface area contributed by atoms with Crippen LogP contribution in [-0.2, 0) is 0 Å². The Kier molecular flexibility index (Phi) is 6.21. The molecule has 0 saturated heterocycles. The fourth-order valence-corrected chi connectivity index (χ4v) is 2.61. The van der Waals surface area contributed by atoms with Crippen LogP contribution in [0, 0.1) is 11.3 Å². The largest absolute Gasteiger partial charge is 0.496 e. The van der Waals surface area contributed by atoms with Crippen molar-refractivity contribution in [3.05, 3.63) is 17.7 Å². The van der Waals surface area contributed by atoms with E-state index in [9.17, 15) is 0 Å². The third-order valence-electron chi connectivity index (χ3n) is 4.11. The average molecular weight is 315 g/mol. The van der Waals surface area contributed by atoms with Crippen molar-refractivity contribution in [3.8, 4) is 17.2 Å².